The highest BCUT2D eigenvalue weighted by Crippen LogP contribution is 2.66. The minimum Gasteiger partial charge on any atom is -0.393 e. The quantitative estimate of drug-likeness (QED) is 0.410. The van der Waals surface area contributed by atoms with E-state index in [2.05, 4.69) is 60.1 Å². The van der Waals surface area contributed by atoms with Gasteiger partial charge in [0, 0.05) is 29.4 Å². The number of halogens is 1. The zero-order valence-corrected chi connectivity index (χ0v) is 22.9. The van der Waals surface area contributed by atoms with Crippen molar-refractivity contribution in [3.8, 4) is 0 Å². The first kappa shape index (κ1) is 23.9. The van der Waals surface area contributed by atoms with Gasteiger partial charge in [0.15, 0.2) is 0 Å². The smallest absolute Gasteiger partial charge is 0.240 e. The van der Waals surface area contributed by atoms with Crippen LogP contribution in [0.1, 0.15) is 90.2 Å². The standard InChI is InChI=1S/C30H39BrN2O2/c1-18(34)33-28(19-4-7-21(31)8-5-19)17-27(32-33)26-11-10-24-23-9-6-20-16-22(35)12-14-29(20,2)25(23)13-15-30(24,26)3/h4-8,22-26,28,35H,9-17H2,1-3H3/t22-,23-,24-,25-,26+,28-,29-,30-/m0/s1. The highest BCUT2D eigenvalue weighted by molar-refractivity contribution is 9.10. The van der Waals surface area contributed by atoms with Crippen LogP contribution in [-0.4, -0.2) is 27.8 Å². The number of allylic oxidation sites excluding steroid dienone is 1. The second kappa shape index (κ2) is 8.55. The molecule has 1 heterocycles. The monoisotopic (exact) mass is 538 g/mol. The fourth-order valence-corrected chi connectivity index (χ4v) is 9.43. The van der Waals surface area contributed by atoms with Crippen molar-refractivity contribution in [2.75, 3.05) is 0 Å². The van der Waals surface area contributed by atoms with Gasteiger partial charge in [-0.05, 0) is 97.6 Å². The molecule has 1 aromatic rings. The van der Waals surface area contributed by atoms with Gasteiger partial charge in [0.2, 0.25) is 5.91 Å². The van der Waals surface area contributed by atoms with Crippen LogP contribution in [0.3, 0.4) is 0 Å². The van der Waals surface area contributed by atoms with Gasteiger partial charge < -0.3 is 5.11 Å². The van der Waals surface area contributed by atoms with Crippen molar-refractivity contribution >= 4 is 27.5 Å². The molecule has 1 N–H and O–H groups in total. The summed E-state index contributed by atoms with van der Waals surface area (Å²) in [6, 6.07) is 8.40. The Bertz CT molecular complexity index is 1080. The number of hydrogen-bond donors (Lipinski definition) is 1. The minimum absolute atomic E-state index is 0.0161. The Morgan fingerprint density at radius 3 is 2.57 bits per heavy atom. The molecule has 0 aromatic heterocycles. The summed E-state index contributed by atoms with van der Waals surface area (Å²) in [5.74, 6) is 2.74. The lowest BCUT2D eigenvalue weighted by molar-refractivity contribution is -0.130. The SMILES string of the molecule is CC(=O)N1N=C([C@H]2CC[C@H]3[C@@H]4CC=C5C[C@@H](O)CC[C@]5(C)[C@H]4CC[C@]23C)C[C@H]1c1ccc(Br)cc1. The number of fused-ring (bicyclic) bond motifs is 5. The van der Waals surface area contributed by atoms with Gasteiger partial charge in [-0.15, -0.1) is 0 Å². The van der Waals surface area contributed by atoms with Crippen LogP contribution in [0.15, 0.2) is 45.5 Å². The summed E-state index contributed by atoms with van der Waals surface area (Å²) in [4.78, 5) is 12.6. The molecule has 0 spiro atoms. The number of carbonyl (C=O) groups excluding carboxylic acids is 1. The van der Waals surface area contributed by atoms with Gasteiger partial charge in [0.05, 0.1) is 12.1 Å². The predicted molar refractivity (Wildman–Crippen MR) is 143 cm³/mol. The second-order valence-electron chi connectivity index (χ2n) is 12.6. The Kier molecular flexibility index (Phi) is 5.84. The molecule has 3 saturated carbocycles. The number of amides is 1. The fraction of sp³-hybridized carbons (Fsp3) is 0.667. The van der Waals surface area contributed by atoms with Crippen LogP contribution in [0.4, 0.5) is 0 Å². The van der Waals surface area contributed by atoms with E-state index in [9.17, 15) is 9.90 Å². The Morgan fingerprint density at radius 2 is 1.83 bits per heavy atom. The number of aliphatic hydroxyl groups is 1. The van der Waals surface area contributed by atoms with Crippen LogP contribution in [-0.2, 0) is 4.79 Å². The largest absolute Gasteiger partial charge is 0.393 e. The maximum atomic E-state index is 12.6. The molecule has 1 aliphatic heterocycles. The molecule has 8 atom stereocenters. The molecule has 3 fully saturated rings. The van der Waals surface area contributed by atoms with Gasteiger partial charge in [-0.25, -0.2) is 5.01 Å². The molecule has 4 aliphatic carbocycles. The van der Waals surface area contributed by atoms with Gasteiger partial charge in [-0.3, -0.25) is 4.79 Å². The van der Waals surface area contributed by atoms with Crippen molar-refractivity contribution in [2.45, 2.75) is 90.7 Å². The lowest BCUT2D eigenvalue weighted by atomic mass is 9.47. The van der Waals surface area contributed by atoms with Crippen LogP contribution >= 0.6 is 15.9 Å². The summed E-state index contributed by atoms with van der Waals surface area (Å²) < 4.78 is 1.06. The van der Waals surface area contributed by atoms with E-state index >= 15 is 0 Å². The normalized spacial score (nSPS) is 42.6. The van der Waals surface area contributed by atoms with E-state index in [1.54, 1.807) is 17.5 Å². The van der Waals surface area contributed by atoms with Crippen molar-refractivity contribution in [1.29, 1.82) is 0 Å². The van der Waals surface area contributed by atoms with Crippen LogP contribution in [0, 0.1) is 34.5 Å². The maximum absolute atomic E-state index is 12.6. The Labute approximate surface area is 218 Å². The number of aliphatic hydroxyl groups excluding tert-OH is 1. The highest BCUT2D eigenvalue weighted by Gasteiger charge is 2.59. The predicted octanol–water partition coefficient (Wildman–Crippen LogP) is 7.04. The summed E-state index contributed by atoms with van der Waals surface area (Å²) in [7, 11) is 0. The van der Waals surface area contributed by atoms with E-state index in [0.717, 1.165) is 47.9 Å². The zero-order chi connectivity index (χ0) is 24.5. The van der Waals surface area contributed by atoms with E-state index in [1.165, 1.54) is 43.4 Å². The molecule has 35 heavy (non-hydrogen) atoms. The van der Waals surface area contributed by atoms with Gasteiger partial charge in [0.25, 0.3) is 0 Å². The molecule has 0 bridgehead atoms. The third-order valence-electron chi connectivity index (χ3n) is 11.0. The van der Waals surface area contributed by atoms with Gasteiger partial charge >= 0.3 is 0 Å². The van der Waals surface area contributed by atoms with Crippen molar-refractivity contribution in [3.63, 3.8) is 0 Å². The number of hydrogen-bond acceptors (Lipinski definition) is 3. The van der Waals surface area contributed by atoms with Gasteiger partial charge in [-0.1, -0.05) is 53.6 Å². The summed E-state index contributed by atoms with van der Waals surface area (Å²) in [5, 5.41) is 17.1. The van der Waals surface area contributed by atoms with Crippen LogP contribution in [0.5, 0.6) is 0 Å². The fourth-order valence-electron chi connectivity index (χ4n) is 9.17. The van der Waals surface area contributed by atoms with E-state index in [-0.39, 0.29) is 28.9 Å². The van der Waals surface area contributed by atoms with E-state index < -0.39 is 0 Å². The van der Waals surface area contributed by atoms with Crippen LogP contribution in [0.2, 0.25) is 0 Å². The molecule has 0 saturated heterocycles. The molecule has 1 aromatic carbocycles. The lowest BCUT2D eigenvalue weighted by Crippen LogP contribution is -2.51. The molecule has 0 unspecified atom stereocenters. The topological polar surface area (TPSA) is 52.9 Å². The maximum Gasteiger partial charge on any atom is 0.240 e. The molecule has 0 radical (unpaired) electrons. The molecular weight excluding hydrogens is 500 g/mol. The third kappa shape index (κ3) is 3.70. The van der Waals surface area contributed by atoms with Crippen LogP contribution in [0.25, 0.3) is 0 Å². The summed E-state index contributed by atoms with van der Waals surface area (Å²) in [5.41, 5.74) is 4.53. The number of nitrogens with zero attached hydrogens (tertiary/aromatic N) is 2. The Morgan fingerprint density at radius 1 is 1.06 bits per heavy atom. The van der Waals surface area contributed by atoms with E-state index in [1.807, 2.05) is 0 Å². The van der Waals surface area contributed by atoms with E-state index in [4.69, 9.17) is 5.10 Å². The van der Waals surface area contributed by atoms with Crippen molar-refractivity contribution in [2.24, 2.45) is 39.6 Å². The van der Waals surface area contributed by atoms with Crippen LogP contribution < -0.4 is 0 Å². The molecule has 6 rings (SSSR count). The highest BCUT2D eigenvalue weighted by atomic mass is 79.9. The minimum atomic E-state index is -0.140. The zero-order valence-electron chi connectivity index (χ0n) is 21.3. The number of carbonyl (C=O) groups is 1. The number of benzene rings is 1. The van der Waals surface area contributed by atoms with Crippen molar-refractivity contribution < 1.29 is 9.90 Å². The van der Waals surface area contributed by atoms with Crippen molar-refractivity contribution in [1.82, 2.24) is 5.01 Å². The third-order valence-corrected chi connectivity index (χ3v) is 11.5. The first-order valence-corrected chi connectivity index (χ1v) is 14.5. The molecule has 5 heteroatoms. The molecule has 1 amide bonds. The van der Waals surface area contributed by atoms with Crippen molar-refractivity contribution in [3.05, 3.63) is 46.0 Å². The molecular formula is C30H39BrN2O2. The first-order valence-electron chi connectivity index (χ1n) is 13.7. The Balaban J connectivity index is 1.27. The average Bonchev–Trinajstić information content (AvgIpc) is 3.41. The van der Waals surface area contributed by atoms with Gasteiger partial charge in [-0.2, -0.15) is 5.10 Å². The number of hydrazone groups is 1. The van der Waals surface area contributed by atoms with Gasteiger partial charge in [0.1, 0.15) is 0 Å². The summed E-state index contributed by atoms with van der Waals surface area (Å²) in [6.45, 7) is 6.70. The number of rotatable bonds is 2. The molecule has 188 valence electrons. The second-order valence-corrected chi connectivity index (χ2v) is 13.5. The Hall–Kier alpha value is -1.46. The molecule has 5 aliphatic rings. The summed E-state index contributed by atoms with van der Waals surface area (Å²) in [6.07, 6.45) is 12.5. The first-order chi connectivity index (χ1) is 16.7. The molecule has 4 nitrogen and oxygen atoms in total. The lowest BCUT2D eigenvalue weighted by Gasteiger charge is -2.58. The van der Waals surface area contributed by atoms with E-state index in [0.29, 0.717) is 5.92 Å². The summed E-state index contributed by atoms with van der Waals surface area (Å²) >= 11 is 3.54. The average molecular weight is 540 g/mol.